The minimum atomic E-state index is -0.903. The van der Waals surface area contributed by atoms with Gasteiger partial charge >= 0.3 is 11.7 Å². The number of fused-ring (bicyclic) bond motifs is 1. The third kappa shape index (κ3) is 8.66. The van der Waals surface area contributed by atoms with Crippen molar-refractivity contribution in [3.05, 3.63) is 130 Å². The molecule has 0 radical (unpaired) electrons. The Morgan fingerprint density at radius 3 is 2.33 bits per heavy atom. The van der Waals surface area contributed by atoms with Gasteiger partial charge in [0.25, 0.3) is 0 Å². The molecule has 11 nitrogen and oxygen atoms in total. The van der Waals surface area contributed by atoms with E-state index in [2.05, 4.69) is 34.3 Å². The van der Waals surface area contributed by atoms with Crippen LogP contribution in [0.1, 0.15) is 79.7 Å². The fraction of sp³-hybridized carbons (Fsp3) is 0.372. The Labute approximate surface area is 314 Å². The maximum atomic E-state index is 12.9. The first-order chi connectivity index (χ1) is 26.2. The number of aromatic amines is 1. The fourth-order valence-corrected chi connectivity index (χ4v) is 7.76. The summed E-state index contributed by atoms with van der Waals surface area (Å²) in [6.45, 7) is 4.97. The molecule has 1 amide bonds. The largest absolute Gasteiger partial charge is 0.481 e. The molecular weight excluding hydrogens is 684 g/mol. The van der Waals surface area contributed by atoms with Gasteiger partial charge in [-0.05, 0) is 65.3 Å². The molecule has 0 aliphatic carbocycles. The number of benzene rings is 4. The van der Waals surface area contributed by atoms with E-state index in [1.807, 2.05) is 89.5 Å². The van der Waals surface area contributed by atoms with Crippen molar-refractivity contribution < 1.29 is 29.3 Å². The molecule has 5 aromatic rings. The van der Waals surface area contributed by atoms with E-state index in [9.17, 15) is 19.5 Å². The molecule has 2 saturated heterocycles. The van der Waals surface area contributed by atoms with Crippen LogP contribution in [0.3, 0.4) is 0 Å². The Kier molecular flexibility index (Phi) is 11.7. The SMILES string of the molecule is C[C@@H]1[C@H](CN2CCC(n3c(=O)[nH]c4ccccc43)CC2)O[C@H](c2ccc(-c3cccc(CNC(=O)CCCC(=O)O)c3)cc2)O[C@@H]1c1ccc(CO)cc1. The Morgan fingerprint density at radius 1 is 0.852 bits per heavy atom. The number of aromatic nitrogens is 2. The molecule has 0 spiro atoms. The van der Waals surface area contributed by atoms with Crippen LogP contribution >= 0.6 is 0 Å². The molecule has 282 valence electrons. The minimum Gasteiger partial charge on any atom is -0.481 e. The van der Waals surface area contributed by atoms with Gasteiger partial charge in [-0.2, -0.15) is 0 Å². The molecule has 2 aliphatic rings. The van der Waals surface area contributed by atoms with Gasteiger partial charge in [0.05, 0.1) is 29.8 Å². The summed E-state index contributed by atoms with van der Waals surface area (Å²) in [4.78, 5) is 41.3. The number of nitrogens with zero attached hydrogens (tertiary/aromatic N) is 2. The van der Waals surface area contributed by atoms with E-state index in [1.54, 1.807) is 0 Å². The van der Waals surface area contributed by atoms with Gasteiger partial charge in [-0.15, -0.1) is 0 Å². The molecule has 7 rings (SSSR count). The van der Waals surface area contributed by atoms with Crippen molar-refractivity contribution in [3.8, 4) is 11.1 Å². The van der Waals surface area contributed by atoms with Crippen LogP contribution in [-0.4, -0.2) is 62.3 Å². The van der Waals surface area contributed by atoms with Crippen LogP contribution < -0.4 is 11.0 Å². The average Bonchev–Trinajstić information content (AvgIpc) is 3.54. The number of ether oxygens (including phenoxy) is 2. The topological polar surface area (TPSA) is 146 Å². The second-order valence-electron chi connectivity index (χ2n) is 14.5. The first-order valence-corrected chi connectivity index (χ1v) is 18.9. The van der Waals surface area contributed by atoms with Crippen LogP contribution in [-0.2, 0) is 32.2 Å². The Balaban J connectivity index is 1.04. The van der Waals surface area contributed by atoms with E-state index < -0.39 is 12.3 Å². The predicted molar refractivity (Wildman–Crippen MR) is 205 cm³/mol. The number of carbonyl (C=O) groups excluding carboxylic acids is 1. The number of nitrogens with one attached hydrogen (secondary N) is 2. The second kappa shape index (κ2) is 16.9. The standard InChI is InChI=1S/C43H48N4O7/c1-28-38(26-46-22-20-35(21-23-46)47-37-9-3-2-8-36(37)45-43(47)52)53-42(54-41(28)32-14-12-29(27-48)13-15-32)33-18-16-31(17-19-33)34-7-4-6-30(24-34)25-44-39(49)10-5-11-40(50)51/h2-4,6-9,12-19,24,28,35,38,41-42,48H,5,10-11,20-23,25-27H2,1H3,(H,44,49)(H,45,52)(H,50,51)/t28-,38+,41+,42+/m1/s1. The number of rotatable bonds is 13. The molecule has 1 aromatic heterocycles. The zero-order valence-corrected chi connectivity index (χ0v) is 30.5. The summed E-state index contributed by atoms with van der Waals surface area (Å²) in [6.07, 6.45) is 1.28. The second-order valence-corrected chi connectivity index (χ2v) is 14.5. The lowest BCUT2D eigenvalue weighted by atomic mass is 9.89. The fourth-order valence-electron chi connectivity index (χ4n) is 7.76. The average molecular weight is 733 g/mol. The van der Waals surface area contributed by atoms with Gasteiger partial charge in [0, 0.05) is 56.5 Å². The summed E-state index contributed by atoms with van der Waals surface area (Å²) < 4.78 is 15.4. The number of carboxylic acids is 1. The van der Waals surface area contributed by atoms with Crippen molar-refractivity contribution in [2.45, 2.75) is 76.7 Å². The molecule has 0 bridgehead atoms. The van der Waals surface area contributed by atoms with Crippen LogP contribution in [0.2, 0.25) is 0 Å². The zero-order valence-electron chi connectivity index (χ0n) is 30.5. The number of carboxylic acid groups (broad SMARTS) is 1. The molecule has 2 fully saturated rings. The van der Waals surface area contributed by atoms with E-state index in [0.29, 0.717) is 13.0 Å². The Hall–Kier alpha value is -5.07. The Morgan fingerprint density at radius 2 is 1.59 bits per heavy atom. The lowest BCUT2D eigenvalue weighted by Crippen LogP contribution is -2.47. The van der Waals surface area contributed by atoms with Gasteiger partial charge in [0.15, 0.2) is 6.29 Å². The number of imidazole rings is 1. The number of aliphatic carboxylic acids is 1. The molecule has 3 heterocycles. The van der Waals surface area contributed by atoms with Crippen molar-refractivity contribution in [2.75, 3.05) is 19.6 Å². The normalized spacial score (nSPS) is 20.9. The van der Waals surface area contributed by atoms with E-state index in [0.717, 1.165) is 76.9 Å². The number of amides is 1. The number of aliphatic hydroxyl groups excluding tert-OH is 1. The quantitative estimate of drug-likeness (QED) is 0.108. The van der Waals surface area contributed by atoms with E-state index in [4.69, 9.17) is 14.6 Å². The van der Waals surface area contributed by atoms with Crippen molar-refractivity contribution in [3.63, 3.8) is 0 Å². The van der Waals surface area contributed by atoms with Gasteiger partial charge < -0.3 is 34.9 Å². The number of hydrogen-bond donors (Lipinski definition) is 4. The summed E-state index contributed by atoms with van der Waals surface area (Å²) in [5.74, 6) is -1.02. The lowest BCUT2D eigenvalue weighted by molar-refractivity contribution is -0.276. The Bertz CT molecular complexity index is 2100. The van der Waals surface area contributed by atoms with Gasteiger partial charge in [-0.3, -0.25) is 14.2 Å². The van der Waals surface area contributed by atoms with E-state index >= 15 is 0 Å². The van der Waals surface area contributed by atoms with Crippen LogP contribution in [0.15, 0.2) is 102 Å². The summed E-state index contributed by atoms with van der Waals surface area (Å²) in [5.41, 5.74) is 7.55. The molecule has 4 aromatic carbocycles. The molecule has 2 aliphatic heterocycles. The number of piperidine rings is 1. The smallest absolute Gasteiger partial charge is 0.326 e. The van der Waals surface area contributed by atoms with Crippen molar-refractivity contribution in [2.24, 2.45) is 5.92 Å². The zero-order chi connectivity index (χ0) is 37.6. The summed E-state index contributed by atoms with van der Waals surface area (Å²) >= 11 is 0. The third-order valence-electron chi connectivity index (χ3n) is 10.8. The highest BCUT2D eigenvalue weighted by atomic mass is 16.7. The molecular formula is C43H48N4O7. The maximum absolute atomic E-state index is 12.9. The third-order valence-corrected chi connectivity index (χ3v) is 10.8. The van der Waals surface area contributed by atoms with Gasteiger partial charge in [-0.1, -0.05) is 85.8 Å². The highest BCUT2D eigenvalue weighted by Crippen LogP contribution is 2.42. The molecule has 4 atom stereocenters. The van der Waals surface area contributed by atoms with Gasteiger partial charge in [0.2, 0.25) is 5.91 Å². The van der Waals surface area contributed by atoms with Crippen LogP contribution in [0.5, 0.6) is 0 Å². The van der Waals surface area contributed by atoms with Crippen molar-refractivity contribution in [1.29, 1.82) is 0 Å². The monoisotopic (exact) mass is 732 g/mol. The number of likely N-dealkylation sites (tertiary alicyclic amines) is 1. The van der Waals surface area contributed by atoms with Gasteiger partial charge in [0.1, 0.15) is 0 Å². The summed E-state index contributed by atoms with van der Waals surface area (Å²) in [6, 6.07) is 32.1. The van der Waals surface area contributed by atoms with Crippen molar-refractivity contribution >= 4 is 22.9 Å². The first kappa shape index (κ1) is 37.3. The maximum Gasteiger partial charge on any atom is 0.326 e. The summed E-state index contributed by atoms with van der Waals surface area (Å²) in [5, 5.41) is 21.4. The van der Waals surface area contributed by atoms with Crippen LogP contribution in [0.25, 0.3) is 22.2 Å². The minimum absolute atomic E-state index is 0.0190. The summed E-state index contributed by atoms with van der Waals surface area (Å²) in [7, 11) is 0. The molecule has 4 N–H and O–H groups in total. The molecule has 0 unspecified atom stereocenters. The molecule has 11 heteroatoms. The highest BCUT2D eigenvalue weighted by molar-refractivity contribution is 5.77. The van der Waals surface area contributed by atoms with Crippen LogP contribution in [0.4, 0.5) is 0 Å². The highest BCUT2D eigenvalue weighted by Gasteiger charge is 2.39. The molecule has 54 heavy (non-hydrogen) atoms. The first-order valence-electron chi connectivity index (χ1n) is 18.9. The van der Waals surface area contributed by atoms with E-state index in [-0.39, 0.29) is 55.2 Å². The number of hydrogen-bond acceptors (Lipinski definition) is 7. The molecule has 0 saturated carbocycles. The van der Waals surface area contributed by atoms with E-state index in [1.165, 1.54) is 0 Å². The van der Waals surface area contributed by atoms with Crippen LogP contribution in [0, 0.1) is 5.92 Å². The number of para-hydroxylation sites is 2. The number of carbonyl (C=O) groups is 2. The lowest BCUT2D eigenvalue weighted by Gasteiger charge is -2.44. The number of H-pyrrole nitrogens is 1. The number of aliphatic hydroxyl groups is 1. The van der Waals surface area contributed by atoms with Crippen molar-refractivity contribution in [1.82, 2.24) is 19.8 Å². The van der Waals surface area contributed by atoms with Gasteiger partial charge in [-0.25, -0.2) is 4.79 Å². The predicted octanol–water partition coefficient (Wildman–Crippen LogP) is 6.49.